The van der Waals surface area contributed by atoms with E-state index in [1.807, 2.05) is 25.1 Å². The molecule has 3 rings (SSSR count). The Labute approximate surface area is 141 Å². The zero-order valence-electron chi connectivity index (χ0n) is 14.5. The highest BCUT2D eigenvalue weighted by Gasteiger charge is 2.26. The number of benzene rings is 1. The SMILES string of the molecule is Cc1nc2cc(C(=O)N3CCC(C(N)=O)CC3)ccc2n1C(C)C. The number of hydrogen-bond donors (Lipinski definition) is 1. The number of carbonyl (C=O) groups excluding carboxylic acids is 2. The van der Waals surface area contributed by atoms with E-state index in [2.05, 4.69) is 23.4 Å². The van der Waals surface area contributed by atoms with Crippen LogP contribution in [0.15, 0.2) is 18.2 Å². The smallest absolute Gasteiger partial charge is 0.253 e. The van der Waals surface area contributed by atoms with Crippen LogP contribution >= 0.6 is 0 Å². The van der Waals surface area contributed by atoms with Crippen LogP contribution in [0.2, 0.25) is 0 Å². The Balaban J connectivity index is 1.82. The van der Waals surface area contributed by atoms with Gasteiger partial charge >= 0.3 is 0 Å². The van der Waals surface area contributed by atoms with E-state index in [4.69, 9.17) is 5.73 Å². The fourth-order valence-corrected chi connectivity index (χ4v) is 3.55. The normalized spacial score (nSPS) is 16.1. The van der Waals surface area contributed by atoms with Gasteiger partial charge in [0.05, 0.1) is 11.0 Å². The summed E-state index contributed by atoms with van der Waals surface area (Å²) in [5.74, 6) is 0.572. The molecule has 2 N–H and O–H groups in total. The molecule has 128 valence electrons. The highest BCUT2D eigenvalue weighted by atomic mass is 16.2. The van der Waals surface area contributed by atoms with Crippen molar-refractivity contribution in [2.24, 2.45) is 11.7 Å². The lowest BCUT2D eigenvalue weighted by atomic mass is 9.96. The van der Waals surface area contributed by atoms with Crippen molar-refractivity contribution in [2.75, 3.05) is 13.1 Å². The third kappa shape index (κ3) is 2.88. The van der Waals surface area contributed by atoms with Crippen molar-refractivity contribution in [1.82, 2.24) is 14.5 Å². The number of piperidine rings is 1. The molecule has 1 aromatic carbocycles. The molecule has 1 aliphatic rings. The number of nitrogens with zero attached hydrogens (tertiary/aromatic N) is 3. The molecule has 6 nitrogen and oxygen atoms in total. The number of nitrogens with two attached hydrogens (primary N) is 1. The molecule has 1 saturated heterocycles. The second-order valence-electron chi connectivity index (χ2n) is 6.80. The number of carbonyl (C=O) groups is 2. The predicted octanol–water partition coefficient (Wildman–Crippen LogP) is 2.26. The van der Waals surface area contributed by atoms with Crippen molar-refractivity contribution in [3.8, 4) is 0 Å². The van der Waals surface area contributed by atoms with Crippen molar-refractivity contribution in [3.63, 3.8) is 0 Å². The first-order chi connectivity index (χ1) is 11.4. The van der Waals surface area contributed by atoms with Crippen LogP contribution in [0, 0.1) is 12.8 Å². The molecule has 2 aromatic rings. The van der Waals surface area contributed by atoms with Crippen molar-refractivity contribution in [1.29, 1.82) is 0 Å². The van der Waals surface area contributed by atoms with Crippen LogP contribution in [-0.2, 0) is 4.79 Å². The quantitative estimate of drug-likeness (QED) is 0.938. The van der Waals surface area contributed by atoms with E-state index in [1.54, 1.807) is 4.90 Å². The summed E-state index contributed by atoms with van der Waals surface area (Å²) in [6.45, 7) is 7.37. The van der Waals surface area contributed by atoms with E-state index in [-0.39, 0.29) is 17.7 Å². The van der Waals surface area contributed by atoms with Gasteiger partial charge in [-0.2, -0.15) is 0 Å². The summed E-state index contributed by atoms with van der Waals surface area (Å²) >= 11 is 0. The Kier molecular flexibility index (Phi) is 4.30. The first-order valence-electron chi connectivity index (χ1n) is 8.45. The van der Waals surface area contributed by atoms with Gasteiger partial charge in [-0.25, -0.2) is 4.98 Å². The third-order valence-corrected chi connectivity index (χ3v) is 4.81. The molecule has 0 radical (unpaired) electrons. The maximum absolute atomic E-state index is 12.7. The van der Waals surface area contributed by atoms with Gasteiger partial charge in [-0.15, -0.1) is 0 Å². The number of amides is 2. The fourth-order valence-electron chi connectivity index (χ4n) is 3.55. The number of likely N-dealkylation sites (tertiary alicyclic amines) is 1. The Morgan fingerprint density at radius 2 is 1.92 bits per heavy atom. The van der Waals surface area contributed by atoms with Crippen molar-refractivity contribution in [2.45, 2.75) is 39.7 Å². The lowest BCUT2D eigenvalue weighted by Gasteiger charge is -2.30. The number of aromatic nitrogens is 2. The summed E-state index contributed by atoms with van der Waals surface area (Å²) in [5.41, 5.74) is 7.89. The van der Waals surface area contributed by atoms with Crippen molar-refractivity contribution in [3.05, 3.63) is 29.6 Å². The Hall–Kier alpha value is -2.37. The minimum absolute atomic E-state index is 0.00318. The van der Waals surface area contributed by atoms with Gasteiger partial charge in [0.1, 0.15) is 5.82 Å². The largest absolute Gasteiger partial charge is 0.369 e. The molecule has 1 fully saturated rings. The summed E-state index contributed by atoms with van der Waals surface area (Å²) in [6, 6.07) is 6.03. The summed E-state index contributed by atoms with van der Waals surface area (Å²) in [7, 11) is 0. The summed E-state index contributed by atoms with van der Waals surface area (Å²) in [6.07, 6.45) is 1.29. The molecule has 6 heteroatoms. The molecule has 1 aromatic heterocycles. The van der Waals surface area contributed by atoms with Crippen LogP contribution in [0.1, 0.15) is 48.9 Å². The van der Waals surface area contributed by atoms with Gasteiger partial charge in [-0.05, 0) is 51.8 Å². The number of fused-ring (bicyclic) bond motifs is 1. The second-order valence-corrected chi connectivity index (χ2v) is 6.80. The van der Waals surface area contributed by atoms with E-state index in [0.717, 1.165) is 16.9 Å². The average Bonchev–Trinajstić information content (AvgIpc) is 2.89. The maximum atomic E-state index is 12.7. The van der Waals surface area contributed by atoms with E-state index in [0.29, 0.717) is 37.5 Å². The van der Waals surface area contributed by atoms with Crippen molar-refractivity contribution < 1.29 is 9.59 Å². The molecule has 0 saturated carbocycles. The second kappa shape index (κ2) is 6.26. The molecular weight excluding hydrogens is 304 g/mol. The molecule has 0 atom stereocenters. The number of primary amides is 1. The third-order valence-electron chi connectivity index (χ3n) is 4.81. The zero-order valence-corrected chi connectivity index (χ0v) is 14.5. The molecule has 24 heavy (non-hydrogen) atoms. The van der Waals surface area contributed by atoms with Gasteiger partial charge in [-0.1, -0.05) is 0 Å². The average molecular weight is 328 g/mol. The molecule has 0 unspecified atom stereocenters. The van der Waals surface area contributed by atoms with E-state index < -0.39 is 0 Å². The Morgan fingerprint density at radius 1 is 1.25 bits per heavy atom. The minimum atomic E-state index is -0.266. The van der Waals surface area contributed by atoms with Gasteiger partial charge in [0, 0.05) is 30.6 Å². The number of aryl methyl sites for hydroxylation is 1. The Morgan fingerprint density at radius 3 is 2.50 bits per heavy atom. The topological polar surface area (TPSA) is 81.2 Å². The van der Waals surface area contributed by atoms with Gasteiger partial charge < -0.3 is 15.2 Å². The highest BCUT2D eigenvalue weighted by molar-refractivity contribution is 5.97. The van der Waals surface area contributed by atoms with Crippen LogP contribution in [0.5, 0.6) is 0 Å². The predicted molar refractivity (Wildman–Crippen MR) is 92.7 cm³/mol. The van der Waals surface area contributed by atoms with Crippen LogP contribution in [-0.4, -0.2) is 39.4 Å². The van der Waals surface area contributed by atoms with Gasteiger partial charge in [-0.3, -0.25) is 9.59 Å². The number of rotatable bonds is 3. The molecule has 0 spiro atoms. The van der Waals surface area contributed by atoms with E-state index >= 15 is 0 Å². The standard InChI is InChI=1S/C18H24N4O2/c1-11(2)22-12(3)20-15-10-14(4-5-16(15)22)18(24)21-8-6-13(7-9-21)17(19)23/h4-5,10-11,13H,6-9H2,1-3H3,(H2,19,23). The lowest BCUT2D eigenvalue weighted by molar-refractivity contribution is -0.123. The number of hydrogen-bond acceptors (Lipinski definition) is 3. The zero-order chi connectivity index (χ0) is 17.4. The number of imidazole rings is 1. The van der Waals surface area contributed by atoms with E-state index in [9.17, 15) is 9.59 Å². The molecule has 2 heterocycles. The molecule has 0 aliphatic carbocycles. The van der Waals surface area contributed by atoms with Crippen LogP contribution < -0.4 is 5.73 Å². The van der Waals surface area contributed by atoms with Crippen molar-refractivity contribution >= 4 is 22.8 Å². The van der Waals surface area contributed by atoms with Crippen LogP contribution in [0.3, 0.4) is 0 Å². The first kappa shape index (κ1) is 16.5. The fraction of sp³-hybridized carbons (Fsp3) is 0.500. The molecule has 2 amide bonds. The maximum Gasteiger partial charge on any atom is 0.253 e. The minimum Gasteiger partial charge on any atom is -0.369 e. The summed E-state index contributed by atoms with van der Waals surface area (Å²) in [4.78, 5) is 30.4. The van der Waals surface area contributed by atoms with Crippen LogP contribution in [0.25, 0.3) is 11.0 Å². The van der Waals surface area contributed by atoms with E-state index in [1.165, 1.54) is 0 Å². The van der Waals surface area contributed by atoms with Gasteiger partial charge in [0.2, 0.25) is 5.91 Å². The monoisotopic (exact) mass is 328 g/mol. The molecular formula is C18H24N4O2. The van der Waals surface area contributed by atoms with Gasteiger partial charge in [0.15, 0.2) is 0 Å². The molecule has 1 aliphatic heterocycles. The lowest BCUT2D eigenvalue weighted by Crippen LogP contribution is -2.41. The first-order valence-corrected chi connectivity index (χ1v) is 8.45. The summed E-state index contributed by atoms with van der Waals surface area (Å²) in [5, 5.41) is 0. The van der Waals surface area contributed by atoms with Gasteiger partial charge in [0.25, 0.3) is 5.91 Å². The summed E-state index contributed by atoms with van der Waals surface area (Å²) < 4.78 is 2.17. The Bertz CT molecular complexity index is 786. The highest BCUT2D eigenvalue weighted by Crippen LogP contribution is 2.24. The molecule has 0 bridgehead atoms. The van der Waals surface area contributed by atoms with Crippen LogP contribution in [0.4, 0.5) is 0 Å².